The minimum atomic E-state index is -0.182. The van der Waals surface area contributed by atoms with Gasteiger partial charge in [-0.25, -0.2) is 0 Å². The van der Waals surface area contributed by atoms with E-state index in [2.05, 4.69) is 19.6 Å². The number of hydrogen-bond acceptors (Lipinski definition) is 2. The van der Waals surface area contributed by atoms with Crippen molar-refractivity contribution in [3.8, 4) is 0 Å². The van der Waals surface area contributed by atoms with Crippen LogP contribution in [0.25, 0.3) is 0 Å². The topological polar surface area (TPSA) is 26.3 Å². The van der Waals surface area contributed by atoms with Gasteiger partial charge in [0, 0.05) is 11.8 Å². The van der Waals surface area contributed by atoms with Crippen LogP contribution >= 0.6 is 0 Å². The molecule has 0 bridgehead atoms. The molecule has 0 radical (unpaired) electrons. The molecule has 0 aromatic carbocycles. The number of ether oxygens (including phenoxy) is 1. The lowest BCUT2D eigenvalue weighted by Crippen LogP contribution is -2.21. The fourth-order valence-electron chi connectivity index (χ4n) is 4.14. The third-order valence-corrected chi connectivity index (χ3v) is 5.63. The normalized spacial score (nSPS) is 22.5. The zero-order valence-electron chi connectivity index (χ0n) is 14.2. The summed E-state index contributed by atoms with van der Waals surface area (Å²) in [5, 5.41) is 0. The average Bonchev–Trinajstić information content (AvgIpc) is 3.04. The molecule has 2 aliphatic carbocycles. The molecule has 0 saturated heterocycles. The standard InChI is InChI=1S/C20H32O2/c1-3-19(20(16-21)13-7-8-14-20)12-11-17(2)22-15-18-9-5-4-6-10-18/h3,16,18H,2,4-15H2,1H3/b19-3+. The van der Waals surface area contributed by atoms with E-state index in [1.54, 1.807) is 0 Å². The average molecular weight is 304 g/mol. The summed E-state index contributed by atoms with van der Waals surface area (Å²) in [4.78, 5) is 11.6. The van der Waals surface area contributed by atoms with E-state index in [0.29, 0.717) is 0 Å². The Bertz CT molecular complexity index is 396. The lowest BCUT2D eigenvalue weighted by atomic mass is 9.77. The van der Waals surface area contributed by atoms with Crippen LogP contribution in [0.15, 0.2) is 24.0 Å². The van der Waals surface area contributed by atoms with Crippen LogP contribution in [-0.2, 0) is 9.53 Å². The first kappa shape index (κ1) is 17.3. The maximum atomic E-state index is 11.6. The van der Waals surface area contributed by atoms with Crippen LogP contribution < -0.4 is 0 Å². The van der Waals surface area contributed by atoms with Crippen LogP contribution in [0.5, 0.6) is 0 Å². The Balaban J connectivity index is 1.75. The number of aldehydes is 1. The first-order valence-corrected chi connectivity index (χ1v) is 9.13. The molecule has 22 heavy (non-hydrogen) atoms. The fourth-order valence-corrected chi connectivity index (χ4v) is 4.14. The van der Waals surface area contributed by atoms with Crippen LogP contribution in [0.1, 0.15) is 77.6 Å². The zero-order chi connectivity index (χ0) is 15.8. The van der Waals surface area contributed by atoms with E-state index in [-0.39, 0.29) is 5.41 Å². The number of hydrogen-bond donors (Lipinski definition) is 0. The number of rotatable bonds is 8. The van der Waals surface area contributed by atoms with Gasteiger partial charge in [-0.3, -0.25) is 0 Å². The molecule has 2 saturated carbocycles. The smallest absolute Gasteiger partial charge is 0.130 e. The van der Waals surface area contributed by atoms with E-state index >= 15 is 0 Å². The molecule has 0 aromatic heterocycles. The van der Waals surface area contributed by atoms with Crippen molar-refractivity contribution in [2.45, 2.75) is 77.6 Å². The third-order valence-electron chi connectivity index (χ3n) is 5.63. The quantitative estimate of drug-likeness (QED) is 0.332. The highest BCUT2D eigenvalue weighted by molar-refractivity contribution is 5.65. The molecule has 2 fully saturated rings. The number of carbonyl (C=O) groups excluding carboxylic acids is 1. The van der Waals surface area contributed by atoms with Crippen molar-refractivity contribution >= 4 is 6.29 Å². The molecule has 0 spiro atoms. The monoisotopic (exact) mass is 304 g/mol. The minimum absolute atomic E-state index is 0.182. The summed E-state index contributed by atoms with van der Waals surface area (Å²) in [5.41, 5.74) is 1.11. The van der Waals surface area contributed by atoms with Gasteiger partial charge < -0.3 is 9.53 Å². The molecule has 2 nitrogen and oxygen atoms in total. The van der Waals surface area contributed by atoms with E-state index in [1.807, 2.05) is 0 Å². The van der Waals surface area contributed by atoms with E-state index in [0.717, 1.165) is 44.0 Å². The SMILES string of the molecule is C=C(CC/C(=C\C)C1(C=O)CCCC1)OCC1CCCCC1. The molecule has 0 unspecified atom stereocenters. The molecule has 0 heterocycles. The van der Waals surface area contributed by atoms with Crippen molar-refractivity contribution in [1.82, 2.24) is 0 Å². The number of allylic oxidation sites excluding steroid dienone is 3. The van der Waals surface area contributed by atoms with Gasteiger partial charge in [-0.2, -0.15) is 0 Å². The summed E-state index contributed by atoms with van der Waals surface area (Å²) in [6, 6.07) is 0. The first-order valence-electron chi connectivity index (χ1n) is 9.13. The van der Waals surface area contributed by atoms with Crippen LogP contribution in [0, 0.1) is 11.3 Å². The summed E-state index contributed by atoms with van der Waals surface area (Å²) in [6.45, 7) is 6.98. The molecule has 2 rings (SSSR count). The Morgan fingerprint density at radius 3 is 2.41 bits per heavy atom. The predicted molar refractivity (Wildman–Crippen MR) is 91.6 cm³/mol. The van der Waals surface area contributed by atoms with Crippen LogP contribution in [0.3, 0.4) is 0 Å². The highest BCUT2D eigenvalue weighted by Crippen LogP contribution is 2.44. The second-order valence-corrected chi connectivity index (χ2v) is 7.15. The van der Waals surface area contributed by atoms with E-state index in [1.165, 1.54) is 56.8 Å². The van der Waals surface area contributed by atoms with Gasteiger partial charge in [0.25, 0.3) is 0 Å². The summed E-state index contributed by atoms with van der Waals surface area (Å²) in [5.74, 6) is 1.62. The van der Waals surface area contributed by atoms with Gasteiger partial charge in [-0.05, 0) is 44.9 Å². The Morgan fingerprint density at radius 1 is 1.14 bits per heavy atom. The maximum absolute atomic E-state index is 11.6. The van der Waals surface area contributed by atoms with Gasteiger partial charge in [-0.15, -0.1) is 0 Å². The molecule has 124 valence electrons. The number of carbonyl (C=O) groups is 1. The van der Waals surface area contributed by atoms with Crippen molar-refractivity contribution in [2.75, 3.05) is 6.61 Å². The molecular weight excluding hydrogens is 272 g/mol. The Morgan fingerprint density at radius 2 is 1.82 bits per heavy atom. The van der Waals surface area contributed by atoms with E-state index in [4.69, 9.17) is 4.74 Å². The Hall–Kier alpha value is -1.05. The third kappa shape index (κ3) is 4.47. The highest BCUT2D eigenvalue weighted by Gasteiger charge is 2.36. The Labute approximate surface area is 136 Å². The maximum Gasteiger partial charge on any atom is 0.130 e. The van der Waals surface area contributed by atoms with Crippen molar-refractivity contribution < 1.29 is 9.53 Å². The molecular formula is C20H32O2. The summed E-state index contributed by atoms with van der Waals surface area (Å²) < 4.78 is 5.90. The first-order chi connectivity index (χ1) is 10.7. The van der Waals surface area contributed by atoms with Gasteiger partial charge in [0.15, 0.2) is 0 Å². The lowest BCUT2D eigenvalue weighted by molar-refractivity contribution is -0.114. The second kappa shape index (κ2) is 8.55. The summed E-state index contributed by atoms with van der Waals surface area (Å²) >= 11 is 0. The zero-order valence-corrected chi connectivity index (χ0v) is 14.2. The van der Waals surface area contributed by atoms with Gasteiger partial charge in [-0.1, -0.05) is 50.3 Å². The molecule has 0 aromatic rings. The van der Waals surface area contributed by atoms with Crippen molar-refractivity contribution in [3.63, 3.8) is 0 Å². The molecule has 0 aliphatic heterocycles. The van der Waals surface area contributed by atoms with Gasteiger partial charge in [0.2, 0.25) is 0 Å². The summed E-state index contributed by atoms with van der Waals surface area (Å²) in [7, 11) is 0. The molecule has 2 heteroatoms. The van der Waals surface area contributed by atoms with Crippen molar-refractivity contribution in [1.29, 1.82) is 0 Å². The fraction of sp³-hybridized carbons (Fsp3) is 0.750. The largest absolute Gasteiger partial charge is 0.498 e. The van der Waals surface area contributed by atoms with Crippen LogP contribution in [-0.4, -0.2) is 12.9 Å². The van der Waals surface area contributed by atoms with Crippen molar-refractivity contribution in [2.24, 2.45) is 11.3 Å². The van der Waals surface area contributed by atoms with Gasteiger partial charge in [0.05, 0.1) is 12.4 Å². The highest BCUT2D eigenvalue weighted by atomic mass is 16.5. The molecule has 0 atom stereocenters. The minimum Gasteiger partial charge on any atom is -0.498 e. The lowest BCUT2D eigenvalue weighted by Gasteiger charge is -2.26. The molecule has 0 amide bonds. The van der Waals surface area contributed by atoms with Gasteiger partial charge in [0.1, 0.15) is 6.29 Å². The Kier molecular flexibility index (Phi) is 6.72. The second-order valence-electron chi connectivity index (χ2n) is 7.15. The summed E-state index contributed by atoms with van der Waals surface area (Å²) in [6.07, 6.45) is 16.2. The van der Waals surface area contributed by atoms with Crippen LogP contribution in [0.2, 0.25) is 0 Å². The van der Waals surface area contributed by atoms with Gasteiger partial charge >= 0.3 is 0 Å². The van der Waals surface area contributed by atoms with E-state index < -0.39 is 0 Å². The van der Waals surface area contributed by atoms with Crippen LogP contribution in [0.4, 0.5) is 0 Å². The van der Waals surface area contributed by atoms with Crippen molar-refractivity contribution in [3.05, 3.63) is 24.0 Å². The van der Waals surface area contributed by atoms with E-state index in [9.17, 15) is 4.79 Å². The molecule has 0 N–H and O–H groups in total. The molecule has 2 aliphatic rings. The predicted octanol–water partition coefficient (Wildman–Crippen LogP) is 5.58.